The van der Waals surface area contributed by atoms with Crippen LogP contribution in [0.5, 0.6) is 11.6 Å². The van der Waals surface area contributed by atoms with Crippen molar-refractivity contribution >= 4 is 33.5 Å². The molecule has 0 aliphatic heterocycles. The zero-order valence-corrected chi connectivity index (χ0v) is 11.8. The number of hydrogen-bond donors (Lipinski definition) is 2. The van der Waals surface area contributed by atoms with Crippen molar-refractivity contribution in [3.8, 4) is 11.6 Å². The van der Waals surface area contributed by atoms with Gasteiger partial charge in [-0.05, 0) is 41.1 Å². The highest BCUT2D eigenvalue weighted by molar-refractivity contribution is 9.10. The largest absolute Gasteiger partial charge is 0.437 e. The lowest BCUT2D eigenvalue weighted by molar-refractivity contribution is 0.455. The van der Waals surface area contributed by atoms with E-state index in [0.717, 1.165) is 10.0 Å². The van der Waals surface area contributed by atoms with E-state index in [0.29, 0.717) is 22.6 Å². The molecule has 0 saturated heterocycles. The molecule has 1 aromatic carbocycles. The van der Waals surface area contributed by atoms with Gasteiger partial charge in [-0.25, -0.2) is 10.8 Å². The van der Waals surface area contributed by atoms with Gasteiger partial charge < -0.3 is 4.74 Å². The van der Waals surface area contributed by atoms with Crippen molar-refractivity contribution in [2.24, 2.45) is 5.84 Å². The molecule has 1 aromatic heterocycles. The minimum absolute atomic E-state index is 0.292. The summed E-state index contributed by atoms with van der Waals surface area (Å²) in [5, 5.41) is 0.623. The first-order chi connectivity index (χ1) is 8.60. The summed E-state index contributed by atoms with van der Waals surface area (Å²) in [4.78, 5) is 8.10. The maximum atomic E-state index is 5.86. The molecule has 1 heterocycles. The van der Waals surface area contributed by atoms with Crippen LogP contribution in [0.25, 0.3) is 0 Å². The number of aryl methyl sites for hydroxylation is 1. The van der Waals surface area contributed by atoms with Crippen LogP contribution in [0.1, 0.15) is 5.56 Å². The summed E-state index contributed by atoms with van der Waals surface area (Å²) >= 11 is 9.23. The minimum atomic E-state index is 0.292. The summed E-state index contributed by atoms with van der Waals surface area (Å²) in [7, 11) is 0. The third-order valence-corrected chi connectivity index (χ3v) is 3.01. The van der Waals surface area contributed by atoms with E-state index in [1.165, 1.54) is 0 Å². The Morgan fingerprint density at radius 3 is 2.89 bits per heavy atom. The number of rotatable bonds is 3. The summed E-state index contributed by atoms with van der Waals surface area (Å²) in [5.41, 5.74) is 3.17. The van der Waals surface area contributed by atoms with Crippen LogP contribution in [-0.2, 0) is 0 Å². The predicted octanol–water partition coefficient (Wildman–Crippen LogP) is 3.28. The average Bonchev–Trinajstić information content (AvgIpc) is 2.35. The second-order valence-corrected chi connectivity index (χ2v) is 4.79. The van der Waals surface area contributed by atoms with Crippen molar-refractivity contribution in [1.82, 2.24) is 9.97 Å². The lowest BCUT2D eigenvalue weighted by Gasteiger charge is -2.10. The van der Waals surface area contributed by atoms with E-state index in [1.807, 2.05) is 6.92 Å². The van der Waals surface area contributed by atoms with E-state index in [4.69, 9.17) is 22.2 Å². The van der Waals surface area contributed by atoms with Gasteiger partial charge in [0.25, 0.3) is 0 Å². The van der Waals surface area contributed by atoms with Crippen LogP contribution in [0.3, 0.4) is 0 Å². The van der Waals surface area contributed by atoms with Gasteiger partial charge in [0.15, 0.2) is 0 Å². The van der Waals surface area contributed by atoms with E-state index < -0.39 is 0 Å². The summed E-state index contributed by atoms with van der Waals surface area (Å²) in [6, 6.07) is 5.24. The van der Waals surface area contributed by atoms with Gasteiger partial charge in [0.2, 0.25) is 11.8 Å². The Morgan fingerprint density at radius 2 is 2.22 bits per heavy atom. The van der Waals surface area contributed by atoms with Crippen molar-refractivity contribution < 1.29 is 4.74 Å². The minimum Gasteiger partial charge on any atom is -0.437 e. The molecule has 0 atom stereocenters. The number of nitrogen functional groups attached to an aromatic ring is 1. The molecule has 0 spiro atoms. The Labute approximate surface area is 117 Å². The number of hydrazine groups is 1. The van der Waals surface area contributed by atoms with Crippen LogP contribution in [0.4, 0.5) is 5.95 Å². The van der Waals surface area contributed by atoms with Crippen LogP contribution in [0.15, 0.2) is 28.9 Å². The summed E-state index contributed by atoms with van der Waals surface area (Å²) in [6.45, 7) is 1.85. The number of benzene rings is 1. The van der Waals surface area contributed by atoms with Crippen molar-refractivity contribution in [2.45, 2.75) is 6.92 Å². The van der Waals surface area contributed by atoms with Gasteiger partial charge in [0.05, 0.1) is 4.47 Å². The Hall–Kier alpha value is -1.37. The van der Waals surface area contributed by atoms with E-state index in [1.54, 1.807) is 24.4 Å². The van der Waals surface area contributed by atoms with Crippen LogP contribution in [0.2, 0.25) is 5.02 Å². The van der Waals surface area contributed by atoms with Crippen molar-refractivity contribution in [3.63, 3.8) is 0 Å². The Kier molecular flexibility index (Phi) is 4.00. The molecule has 0 radical (unpaired) electrons. The highest BCUT2D eigenvalue weighted by Crippen LogP contribution is 2.32. The highest BCUT2D eigenvalue weighted by Gasteiger charge is 2.08. The molecule has 3 N–H and O–H groups in total. The number of nitrogens with zero attached hydrogens (tertiary/aromatic N) is 2. The highest BCUT2D eigenvalue weighted by atomic mass is 79.9. The van der Waals surface area contributed by atoms with E-state index in [-0.39, 0.29) is 0 Å². The fraction of sp³-hybridized carbons (Fsp3) is 0.0909. The molecule has 18 heavy (non-hydrogen) atoms. The van der Waals surface area contributed by atoms with Crippen molar-refractivity contribution in [2.75, 3.05) is 5.43 Å². The molecular formula is C11H10BrClN4O. The number of halogens is 2. The van der Waals surface area contributed by atoms with Crippen LogP contribution < -0.4 is 16.0 Å². The molecule has 0 unspecified atom stereocenters. The summed E-state index contributed by atoms with van der Waals surface area (Å²) < 4.78 is 6.43. The molecule has 0 bridgehead atoms. The zero-order chi connectivity index (χ0) is 13.1. The van der Waals surface area contributed by atoms with E-state index in [9.17, 15) is 0 Å². The second kappa shape index (κ2) is 5.51. The van der Waals surface area contributed by atoms with Gasteiger partial charge in [-0.15, -0.1) is 0 Å². The van der Waals surface area contributed by atoms with E-state index >= 15 is 0 Å². The lowest BCUT2D eigenvalue weighted by atomic mass is 10.3. The SMILES string of the molecule is Cc1cnc(NN)nc1Oc1ccc(Cl)cc1Br. The fourth-order valence-electron chi connectivity index (χ4n) is 1.26. The third kappa shape index (κ3) is 2.90. The van der Waals surface area contributed by atoms with Crippen molar-refractivity contribution in [1.29, 1.82) is 0 Å². The molecule has 2 aromatic rings. The molecule has 94 valence electrons. The molecular weight excluding hydrogens is 320 g/mol. The second-order valence-electron chi connectivity index (χ2n) is 3.50. The average molecular weight is 330 g/mol. The monoisotopic (exact) mass is 328 g/mol. The Balaban J connectivity index is 2.33. The number of nitrogens with two attached hydrogens (primary N) is 1. The van der Waals surface area contributed by atoms with Gasteiger partial charge >= 0.3 is 0 Å². The fourth-order valence-corrected chi connectivity index (χ4v) is 2.03. The molecule has 7 heteroatoms. The Morgan fingerprint density at radius 1 is 1.44 bits per heavy atom. The summed E-state index contributed by atoms with van der Waals surface area (Å²) in [6.07, 6.45) is 1.63. The first-order valence-corrected chi connectivity index (χ1v) is 6.20. The number of nitrogens with one attached hydrogen (secondary N) is 1. The lowest BCUT2D eigenvalue weighted by Crippen LogP contribution is -2.11. The van der Waals surface area contributed by atoms with Crippen LogP contribution >= 0.6 is 27.5 Å². The van der Waals surface area contributed by atoms with Crippen molar-refractivity contribution in [3.05, 3.63) is 39.5 Å². The first-order valence-electron chi connectivity index (χ1n) is 5.03. The molecule has 0 amide bonds. The quantitative estimate of drug-likeness (QED) is 0.668. The summed E-state index contributed by atoms with van der Waals surface area (Å²) in [5.74, 6) is 6.59. The van der Waals surface area contributed by atoms with Gasteiger partial charge in [0.1, 0.15) is 5.75 Å². The molecule has 0 aliphatic rings. The third-order valence-electron chi connectivity index (χ3n) is 2.15. The Bertz CT molecular complexity index is 579. The topological polar surface area (TPSA) is 73.1 Å². The number of hydrogen-bond acceptors (Lipinski definition) is 5. The first kappa shape index (κ1) is 13.1. The maximum Gasteiger partial charge on any atom is 0.240 e. The molecule has 0 saturated carbocycles. The van der Waals surface area contributed by atoms with E-state index in [2.05, 4.69) is 31.3 Å². The molecule has 5 nitrogen and oxygen atoms in total. The van der Waals surface area contributed by atoms with Gasteiger partial charge in [-0.1, -0.05) is 11.6 Å². The predicted molar refractivity (Wildman–Crippen MR) is 73.8 cm³/mol. The standard InChI is InChI=1S/C11H10BrClN4O/c1-6-5-15-11(17-14)16-10(6)18-9-3-2-7(13)4-8(9)12/h2-5H,14H2,1H3,(H,15,16,17). The number of ether oxygens (including phenoxy) is 1. The number of anilines is 1. The van der Waals surface area contributed by atoms with Crippen LogP contribution in [-0.4, -0.2) is 9.97 Å². The van der Waals surface area contributed by atoms with Gasteiger partial charge in [-0.2, -0.15) is 4.98 Å². The molecule has 2 rings (SSSR count). The van der Waals surface area contributed by atoms with Crippen LogP contribution in [0, 0.1) is 6.92 Å². The molecule has 0 fully saturated rings. The number of aromatic nitrogens is 2. The maximum absolute atomic E-state index is 5.86. The smallest absolute Gasteiger partial charge is 0.240 e. The molecule has 0 aliphatic carbocycles. The van der Waals surface area contributed by atoms with Gasteiger partial charge in [-0.3, -0.25) is 5.43 Å². The zero-order valence-electron chi connectivity index (χ0n) is 9.45. The normalized spacial score (nSPS) is 10.2. The van der Waals surface area contributed by atoms with Gasteiger partial charge in [0, 0.05) is 16.8 Å².